The van der Waals surface area contributed by atoms with Gasteiger partial charge in [-0.3, -0.25) is 9.59 Å². The van der Waals surface area contributed by atoms with E-state index in [9.17, 15) is 9.59 Å². The average molecular weight is 400 g/mol. The molecule has 0 aliphatic carbocycles. The van der Waals surface area contributed by atoms with Crippen LogP contribution in [0.15, 0.2) is 18.2 Å². The van der Waals surface area contributed by atoms with Crippen molar-refractivity contribution in [1.29, 1.82) is 0 Å². The Hall–Kier alpha value is -1.99. The summed E-state index contributed by atoms with van der Waals surface area (Å²) in [6.07, 6.45) is 1.38. The summed E-state index contributed by atoms with van der Waals surface area (Å²) in [7, 11) is 6.82. The molecule has 0 atom stereocenters. The molecule has 2 rings (SSSR count). The number of carbonyl (C=O) groups is 2. The van der Waals surface area contributed by atoms with E-state index in [4.69, 9.17) is 9.47 Å². The van der Waals surface area contributed by atoms with E-state index >= 15 is 0 Å². The lowest BCUT2D eigenvalue weighted by Gasteiger charge is -2.33. The molecule has 0 radical (unpaired) electrons. The first-order valence-electron chi connectivity index (χ1n) is 8.92. The van der Waals surface area contributed by atoms with E-state index in [-0.39, 0.29) is 30.1 Å². The van der Waals surface area contributed by atoms with Crippen molar-refractivity contribution in [2.75, 3.05) is 54.5 Å². The minimum Gasteiger partial charge on any atom is -0.497 e. The van der Waals surface area contributed by atoms with Crippen molar-refractivity contribution in [3.63, 3.8) is 0 Å². The fraction of sp³-hybridized carbons (Fsp3) is 0.579. The summed E-state index contributed by atoms with van der Waals surface area (Å²) in [5, 5.41) is 3.05. The van der Waals surface area contributed by atoms with Crippen LogP contribution in [0.25, 0.3) is 0 Å². The summed E-state index contributed by atoms with van der Waals surface area (Å²) in [6, 6.07) is 5.17. The quantitative estimate of drug-likeness (QED) is 0.755. The number of halogens is 1. The smallest absolute Gasteiger partial charge is 0.254 e. The highest BCUT2D eigenvalue weighted by molar-refractivity contribution is 5.95. The van der Waals surface area contributed by atoms with Crippen LogP contribution in [0.1, 0.15) is 23.2 Å². The Morgan fingerprint density at radius 2 is 1.70 bits per heavy atom. The Balaban J connectivity index is 0.00000364. The molecule has 8 heteroatoms. The molecule has 1 aromatic rings. The SMILES string of the molecule is CNCCN(C)C(=O)C1CCN(C(=O)c2cc(OC)cc(OC)c2)CC1.Cl. The molecule has 2 amide bonds. The van der Waals surface area contributed by atoms with Crippen LogP contribution in [-0.2, 0) is 4.79 Å². The van der Waals surface area contributed by atoms with Crippen molar-refractivity contribution in [3.05, 3.63) is 23.8 Å². The van der Waals surface area contributed by atoms with Crippen LogP contribution in [0.3, 0.4) is 0 Å². The molecule has 0 aromatic heterocycles. The summed E-state index contributed by atoms with van der Waals surface area (Å²) in [5.41, 5.74) is 0.539. The second-order valence-electron chi connectivity index (χ2n) is 6.53. The van der Waals surface area contributed by atoms with E-state index < -0.39 is 0 Å². The van der Waals surface area contributed by atoms with E-state index in [1.54, 1.807) is 42.2 Å². The molecule has 152 valence electrons. The molecule has 1 saturated heterocycles. The molecule has 1 fully saturated rings. The number of carbonyl (C=O) groups excluding carboxylic acids is 2. The van der Waals surface area contributed by atoms with Gasteiger partial charge in [-0.1, -0.05) is 0 Å². The maximum Gasteiger partial charge on any atom is 0.254 e. The first-order chi connectivity index (χ1) is 12.5. The van der Waals surface area contributed by atoms with Crippen LogP contribution in [-0.4, -0.2) is 76.1 Å². The van der Waals surface area contributed by atoms with Gasteiger partial charge >= 0.3 is 0 Å². The standard InChI is InChI=1S/C19H29N3O4.ClH/c1-20-7-10-21(2)18(23)14-5-8-22(9-6-14)19(24)15-11-16(25-3)13-17(12-15)26-4;/h11-14,20H,5-10H2,1-4H3;1H. The van der Waals surface area contributed by atoms with E-state index in [1.165, 1.54) is 0 Å². The summed E-state index contributed by atoms with van der Waals surface area (Å²) in [5.74, 6) is 1.26. The average Bonchev–Trinajstić information content (AvgIpc) is 2.70. The Morgan fingerprint density at radius 3 is 2.19 bits per heavy atom. The zero-order valence-corrected chi connectivity index (χ0v) is 17.3. The zero-order valence-electron chi connectivity index (χ0n) is 16.5. The number of piperidine rings is 1. The summed E-state index contributed by atoms with van der Waals surface area (Å²) < 4.78 is 10.5. The second kappa shape index (κ2) is 11.0. The van der Waals surface area contributed by atoms with Crippen molar-refractivity contribution in [2.45, 2.75) is 12.8 Å². The van der Waals surface area contributed by atoms with Gasteiger partial charge in [0.05, 0.1) is 14.2 Å². The van der Waals surface area contributed by atoms with Crippen LogP contribution in [0.4, 0.5) is 0 Å². The number of nitrogens with one attached hydrogen (secondary N) is 1. The second-order valence-corrected chi connectivity index (χ2v) is 6.53. The summed E-state index contributed by atoms with van der Waals surface area (Å²) >= 11 is 0. The van der Waals surface area contributed by atoms with Crippen LogP contribution in [0.2, 0.25) is 0 Å². The minimum absolute atomic E-state index is 0. The third kappa shape index (κ3) is 6.01. The van der Waals surface area contributed by atoms with E-state index in [0.717, 1.165) is 6.54 Å². The number of likely N-dealkylation sites (tertiary alicyclic amines) is 1. The lowest BCUT2D eigenvalue weighted by atomic mass is 9.95. The number of hydrogen-bond donors (Lipinski definition) is 1. The third-order valence-electron chi connectivity index (χ3n) is 4.80. The molecule has 0 bridgehead atoms. The fourth-order valence-corrected chi connectivity index (χ4v) is 3.14. The fourth-order valence-electron chi connectivity index (χ4n) is 3.14. The Kier molecular flexibility index (Phi) is 9.38. The monoisotopic (exact) mass is 399 g/mol. The van der Waals surface area contributed by atoms with Gasteiger partial charge in [-0.05, 0) is 32.0 Å². The van der Waals surface area contributed by atoms with Crippen LogP contribution < -0.4 is 14.8 Å². The molecule has 1 aliphatic rings. The molecule has 0 saturated carbocycles. The lowest BCUT2D eigenvalue weighted by Crippen LogP contribution is -2.44. The Bertz CT molecular complexity index is 611. The lowest BCUT2D eigenvalue weighted by molar-refractivity contribution is -0.135. The van der Waals surface area contributed by atoms with E-state index in [2.05, 4.69) is 5.32 Å². The zero-order chi connectivity index (χ0) is 19.1. The van der Waals surface area contributed by atoms with Crippen LogP contribution in [0, 0.1) is 5.92 Å². The predicted molar refractivity (Wildman–Crippen MR) is 107 cm³/mol. The minimum atomic E-state index is -0.0587. The van der Waals surface area contributed by atoms with Crippen LogP contribution >= 0.6 is 12.4 Å². The molecular weight excluding hydrogens is 370 g/mol. The first-order valence-corrected chi connectivity index (χ1v) is 8.92. The first kappa shape index (κ1) is 23.0. The summed E-state index contributed by atoms with van der Waals surface area (Å²) in [6.45, 7) is 2.62. The van der Waals surface area contributed by atoms with Gasteiger partial charge in [-0.15, -0.1) is 12.4 Å². The molecule has 1 aliphatic heterocycles. The number of benzene rings is 1. The van der Waals surface area contributed by atoms with Gasteiger partial charge in [0, 0.05) is 50.8 Å². The molecular formula is C19H30ClN3O4. The van der Waals surface area contributed by atoms with Crippen molar-refractivity contribution >= 4 is 24.2 Å². The number of amides is 2. The highest BCUT2D eigenvalue weighted by Gasteiger charge is 2.29. The number of ether oxygens (including phenoxy) is 2. The Morgan fingerprint density at radius 1 is 1.15 bits per heavy atom. The number of likely N-dealkylation sites (N-methyl/N-ethyl adjacent to an activating group) is 2. The normalized spacial score (nSPS) is 14.3. The largest absolute Gasteiger partial charge is 0.497 e. The predicted octanol–water partition coefficient (Wildman–Crippen LogP) is 1.66. The summed E-state index contributed by atoms with van der Waals surface area (Å²) in [4.78, 5) is 28.8. The molecule has 27 heavy (non-hydrogen) atoms. The van der Waals surface area contributed by atoms with Gasteiger partial charge < -0.3 is 24.6 Å². The topological polar surface area (TPSA) is 71.1 Å². The highest BCUT2D eigenvalue weighted by Crippen LogP contribution is 2.26. The Labute approximate surface area is 167 Å². The third-order valence-corrected chi connectivity index (χ3v) is 4.80. The van der Waals surface area contributed by atoms with Gasteiger partial charge in [0.2, 0.25) is 5.91 Å². The van der Waals surface area contributed by atoms with Gasteiger partial charge in [-0.2, -0.15) is 0 Å². The molecule has 0 unspecified atom stereocenters. The van der Waals surface area contributed by atoms with E-state index in [0.29, 0.717) is 49.5 Å². The molecule has 1 aromatic carbocycles. The van der Waals surface area contributed by atoms with Crippen molar-refractivity contribution in [2.24, 2.45) is 5.92 Å². The number of nitrogens with zero attached hydrogens (tertiary/aromatic N) is 2. The van der Waals surface area contributed by atoms with Crippen LogP contribution in [0.5, 0.6) is 11.5 Å². The van der Waals surface area contributed by atoms with Crippen molar-refractivity contribution < 1.29 is 19.1 Å². The van der Waals surface area contributed by atoms with Crippen molar-refractivity contribution in [3.8, 4) is 11.5 Å². The van der Waals surface area contributed by atoms with Gasteiger partial charge in [0.1, 0.15) is 11.5 Å². The maximum atomic E-state index is 12.8. The van der Waals surface area contributed by atoms with Gasteiger partial charge in [0.25, 0.3) is 5.91 Å². The number of rotatable bonds is 7. The van der Waals surface area contributed by atoms with Gasteiger partial charge in [0.15, 0.2) is 0 Å². The molecule has 1 N–H and O–H groups in total. The van der Waals surface area contributed by atoms with E-state index in [1.807, 2.05) is 14.1 Å². The highest BCUT2D eigenvalue weighted by atomic mass is 35.5. The maximum absolute atomic E-state index is 12.8. The molecule has 7 nitrogen and oxygen atoms in total. The van der Waals surface area contributed by atoms with Crippen molar-refractivity contribution in [1.82, 2.24) is 15.1 Å². The van der Waals surface area contributed by atoms with Gasteiger partial charge in [-0.25, -0.2) is 0 Å². The number of hydrogen-bond acceptors (Lipinski definition) is 5. The molecule has 0 spiro atoms. The number of methoxy groups -OCH3 is 2. The molecule has 1 heterocycles.